The smallest absolute Gasteiger partial charge is 0.174 e. The molecule has 0 aromatic heterocycles. The lowest BCUT2D eigenvalue weighted by atomic mass is 9.69. The summed E-state index contributed by atoms with van der Waals surface area (Å²) in [6, 6.07) is 148. The van der Waals surface area contributed by atoms with E-state index in [4.69, 9.17) is 23.7 Å². The first kappa shape index (κ1) is 76.1. The molecule has 586 valence electrons. The minimum atomic E-state index is -3.82. The summed E-state index contributed by atoms with van der Waals surface area (Å²) in [6.45, 7) is 0. The van der Waals surface area contributed by atoms with Crippen LogP contribution in [0.1, 0.15) is 22.3 Å². The van der Waals surface area contributed by atoms with E-state index in [9.17, 15) is 0 Å². The Labute approximate surface area is 711 Å². The largest absolute Gasteiger partial charge is 0.497 e. The lowest BCUT2D eigenvalue weighted by Gasteiger charge is -2.32. The molecule has 0 amide bonds. The molecule has 1 spiro atoms. The van der Waals surface area contributed by atoms with E-state index in [1.807, 2.05) is 200 Å². The van der Waals surface area contributed by atoms with E-state index in [0.29, 0.717) is 43.3 Å². The van der Waals surface area contributed by atoms with Crippen LogP contribution >= 0.6 is 14.3 Å². The molecule has 0 radical (unpaired) electrons. The highest BCUT2D eigenvalue weighted by molar-refractivity contribution is 7.86. The zero-order valence-corrected chi connectivity index (χ0v) is 69.5. The fourth-order valence-electron chi connectivity index (χ4n) is 18.2. The van der Waals surface area contributed by atoms with Crippen molar-refractivity contribution in [3.8, 4) is 157 Å². The van der Waals surface area contributed by atoms with Gasteiger partial charge in [0.1, 0.15) is 34.5 Å². The Kier molecular flexibility index (Phi) is 19.9. The second-order valence-corrected chi connectivity index (χ2v) is 36.5. The predicted molar refractivity (Wildman–Crippen MR) is 503 cm³/mol. The Morgan fingerprint density at radius 2 is 0.410 bits per heavy atom. The van der Waals surface area contributed by atoms with E-state index in [1.54, 1.807) is 28.4 Å². The summed E-state index contributed by atoms with van der Waals surface area (Å²) < 4.78 is 63.0. The number of methoxy groups -OCH3 is 4. The molecule has 1 atom stereocenters. The maximum Gasteiger partial charge on any atom is 0.174 e. The first-order chi connectivity index (χ1) is 60.0. The zero-order valence-electron chi connectivity index (χ0n) is 67.7. The topological polar surface area (TPSA) is 80.3 Å². The van der Waals surface area contributed by atoms with Crippen LogP contribution in [-0.2, 0) is 14.5 Å². The van der Waals surface area contributed by atoms with Gasteiger partial charge in [-0.05, 0) is 248 Å². The fourth-order valence-corrected chi connectivity index (χ4v) is 23.7. The van der Waals surface area contributed by atoms with Crippen LogP contribution in [0.2, 0.25) is 0 Å². The van der Waals surface area contributed by atoms with E-state index in [0.717, 1.165) is 134 Å². The number of benzene rings is 18. The van der Waals surface area contributed by atoms with Crippen molar-refractivity contribution >= 4 is 46.1 Å². The maximum absolute atomic E-state index is 17.3. The Balaban J connectivity index is 0.764. The third-order valence-electron chi connectivity index (χ3n) is 24.5. The molecule has 20 rings (SSSR count). The van der Waals surface area contributed by atoms with Crippen molar-refractivity contribution in [3.05, 3.63) is 447 Å². The van der Waals surface area contributed by atoms with Gasteiger partial charge >= 0.3 is 0 Å². The molecule has 2 aliphatic rings. The third-order valence-corrected chi connectivity index (χ3v) is 30.7. The molecule has 0 aliphatic heterocycles. The number of fused-ring (bicyclic) bond motifs is 10. The Morgan fingerprint density at radius 1 is 0.189 bits per heavy atom. The van der Waals surface area contributed by atoms with Crippen LogP contribution in [-0.4, -0.2) is 28.4 Å². The third kappa shape index (κ3) is 13.4. The maximum atomic E-state index is 17.3. The van der Waals surface area contributed by atoms with Crippen molar-refractivity contribution in [3.63, 3.8) is 0 Å². The van der Waals surface area contributed by atoms with E-state index >= 15 is 9.13 Å². The summed E-state index contributed by atoms with van der Waals surface area (Å²) in [7, 11) is -0.565. The molecule has 0 heterocycles. The lowest BCUT2D eigenvalue weighted by Crippen LogP contribution is -2.27. The SMILES string of the molecule is COc1ccc(-c2ccc(-c3ccc4c(c3)C3(c5cc(-c6ccc(-c7ccc(OC)cc7)cc6)ccc5-4)c4cc(-c5ccc(-c6ccc(OC)cc6)cc5)ccc4-c4ccc(-c5ccc(-c6ccc(OC)cc6)cc5-c5ccc(P(=O)(c6ccccc6)c6ccccc6Oc6ccccc6P(=O)(c6ccccc6)c6ccccc6)cc5)cc43)cc2)cc1. The normalized spacial score (nSPS) is 12.6. The highest BCUT2D eigenvalue weighted by atomic mass is 31.2. The van der Waals surface area contributed by atoms with Crippen LogP contribution in [0.25, 0.3) is 122 Å². The zero-order chi connectivity index (χ0) is 82.5. The summed E-state index contributed by atoms with van der Waals surface area (Å²) in [5.74, 6) is 4.01. The monoisotopic (exact) mass is 1610 g/mol. The summed E-state index contributed by atoms with van der Waals surface area (Å²) >= 11 is 0. The second kappa shape index (κ2) is 31.9. The minimum Gasteiger partial charge on any atom is -0.497 e. The van der Waals surface area contributed by atoms with Gasteiger partial charge in [0.05, 0.1) is 44.5 Å². The summed E-state index contributed by atoms with van der Waals surface area (Å²) in [4.78, 5) is 0. The Bertz CT molecular complexity index is 6730. The van der Waals surface area contributed by atoms with Gasteiger partial charge < -0.3 is 32.8 Å². The van der Waals surface area contributed by atoms with Gasteiger partial charge in [-0.25, -0.2) is 0 Å². The molecular weight excluding hydrogens is 1530 g/mol. The molecule has 18 aromatic carbocycles. The number of hydrogen-bond acceptors (Lipinski definition) is 7. The van der Waals surface area contributed by atoms with Gasteiger partial charge in [0, 0.05) is 21.2 Å². The van der Waals surface area contributed by atoms with Crippen LogP contribution in [0.5, 0.6) is 34.5 Å². The van der Waals surface area contributed by atoms with Crippen molar-refractivity contribution < 1.29 is 32.8 Å². The minimum absolute atomic E-state index is 0.393. The van der Waals surface area contributed by atoms with Crippen LogP contribution in [0, 0.1) is 0 Å². The van der Waals surface area contributed by atoms with Gasteiger partial charge in [0.25, 0.3) is 0 Å². The molecule has 9 heteroatoms. The van der Waals surface area contributed by atoms with Gasteiger partial charge in [0.2, 0.25) is 0 Å². The molecule has 122 heavy (non-hydrogen) atoms. The summed E-state index contributed by atoms with van der Waals surface area (Å²) in [6.07, 6.45) is 0. The number of hydrogen-bond donors (Lipinski definition) is 0. The van der Waals surface area contributed by atoms with Crippen LogP contribution in [0.3, 0.4) is 0 Å². The number of ether oxygens (including phenoxy) is 5. The van der Waals surface area contributed by atoms with Crippen LogP contribution < -0.4 is 55.5 Å². The molecular formula is C113H82O7P2. The van der Waals surface area contributed by atoms with E-state index in [2.05, 4.69) is 224 Å². The Morgan fingerprint density at radius 3 is 0.713 bits per heavy atom. The van der Waals surface area contributed by atoms with Gasteiger partial charge in [0.15, 0.2) is 14.3 Å². The molecule has 2 aliphatic carbocycles. The fraction of sp³-hybridized carbons (Fsp3) is 0.0442. The van der Waals surface area contributed by atoms with E-state index in [1.165, 1.54) is 33.4 Å². The standard InChI is InChI=1S/C113H82O7P2/c1-116-91-55-40-78(41-56-91)75-28-34-81(35-29-75)87-51-66-100-101-67-52-88(82-36-30-76(31-37-82)79-42-57-92(117-2)58-43-79)72-106(101)113(105(100)71-87)107-73-89(83-38-32-77(33-39-83)80-44-59-93(118-3)60-45-80)53-68-102(107)103-69-54-90(74-108(103)113)99-65-50-86(84-46-61-94(119-4)62-47-84)70-104(99)85-48-63-98(64-49-85)122(115,97-22-12-7-13-23-97)112-27-17-15-25-110(112)120-109-24-14-16-26-111(109)121(114,95-18-8-5-9-19-95)96-20-10-6-11-21-96/h5-74H,1-4H3. The molecule has 1 unspecified atom stereocenters. The highest BCUT2D eigenvalue weighted by Crippen LogP contribution is 2.65. The quantitative estimate of drug-likeness (QED) is 0.0663. The highest BCUT2D eigenvalue weighted by Gasteiger charge is 2.53. The van der Waals surface area contributed by atoms with Gasteiger partial charge in [-0.1, -0.05) is 322 Å². The summed E-state index contributed by atoms with van der Waals surface area (Å²) in [5, 5.41) is 3.65. The van der Waals surface area contributed by atoms with Crippen molar-refractivity contribution in [2.45, 2.75) is 5.41 Å². The lowest BCUT2D eigenvalue weighted by molar-refractivity contribution is 0.415. The van der Waals surface area contributed by atoms with Gasteiger partial charge in [-0.15, -0.1) is 0 Å². The number of para-hydroxylation sites is 2. The predicted octanol–water partition coefficient (Wildman–Crippen LogP) is 26.1. The average molecular weight is 1610 g/mol. The molecule has 0 saturated carbocycles. The Hall–Kier alpha value is -14.6. The van der Waals surface area contributed by atoms with Gasteiger partial charge in [-0.2, -0.15) is 0 Å². The average Bonchev–Trinajstić information content (AvgIpc) is 1.50. The van der Waals surface area contributed by atoms with Crippen molar-refractivity contribution in [2.24, 2.45) is 0 Å². The summed E-state index contributed by atoms with van der Waals surface area (Å²) in [5.41, 5.74) is 27.9. The molecule has 0 fully saturated rings. The number of rotatable bonds is 21. The van der Waals surface area contributed by atoms with Crippen molar-refractivity contribution in [1.29, 1.82) is 0 Å². The van der Waals surface area contributed by atoms with Crippen LogP contribution in [0.15, 0.2) is 425 Å². The molecule has 0 N–H and O–H groups in total. The van der Waals surface area contributed by atoms with Gasteiger partial charge in [-0.3, -0.25) is 0 Å². The van der Waals surface area contributed by atoms with Crippen LogP contribution in [0.4, 0.5) is 0 Å². The van der Waals surface area contributed by atoms with E-state index in [-0.39, 0.29) is 0 Å². The molecule has 7 nitrogen and oxygen atoms in total. The molecule has 0 bridgehead atoms. The van der Waals surface area contributed by atoms with E-state index < -0.39 is 19.7 Å². The van der Waals surface area contributed by atoms with Crippen molar-refractivity contribution in [1.82, 2.24) is 0 Å². The molecule has 18 aromatic rings. The van der Waals surface area contributed by atoms with Crippen molar-refractivity contribution in [2.75, 3.05) is 28.4 Å². The molecule has 0 saturated heterocycles. The second-order valence-electron chi connectivity index (χ2n) is 31.0. The first-order valence-corrected chi connectivity index (χ1v) is 44.4. The first-order valence-electron chi connectivity index (χ1n) is 41.0.